The van der Waals surface area contributed by atoms with Crippen LogP contribution in [0.25, 0.3) is 0 Å². The maximum absolute atomic E-state index is 13.2. The molecule has 2 aromatic carbocycles. The molecule has 31 heavy (non-hydrogen) atoms. The van der Waals surface area contributed by atoms with Crippen molar-refractivity contribution in [3.05, 3.63) is 77.0 Å². The Kier molecular flexibility index (Phi) is 6.03. The van der Waals surface area contributed by atoms with E-state index in [1.807, 2.05) is 29.2 Å². The summed E-state index contributed by atoms with van der Waals surface area (Å²) in [5.41, 5.74) is 8.13. The topological polar surface area (TPSA) is 86.9 Å². The molecule has 1 fully saturated rings. The normalized spacial score (nSPS) is 23.8. The number of carbonyl (C=O) groups is 2. The van der Waals surface area contributed by atoms with Crippen LogP contribution in [0.5, 0.6) is 0 Å². The van der Waals surface area contributed by atoms with Crippen LogP contribution < -0.4 is 10.6 Å². The van der Waals surface area contributed by atoms with Gasteiger partial charge in [-0.15, -0.1) is 0 Å². The molecule has 0 saturated heterocycles. The highest BCUT2D eigenvalue weighted by Crippen LogP contribution is 2.41. The zero-order valence-corrected chi connectivity index (χ0v) is 18.0. The molecule has 2 aromatic rings. The summed E-state index contributed by atoms with van der Waals surface area (Å²) in [5.74, 6) is -0.987. The van der Waals surface area contributed by atoms with Crippen molar-refractivity contribution in [3.63, 3.8) is 0 Å². The third-order valence-electron chi connectivity index (χ3n) is 6.58. The monoisotopic (exact) mass is 439 g/mol. The molecule has 1 aliphatic heterocycles. The standard InChI is InChI=1S/C24H26ClN3O3/c25-19-4-1-3-18(15-19)24(16-26)11-9-21(10-12-24)28-14-2-13-27(23(28)31)20-7-5-17(6-8-20)22(29)30/h1-8,13,15,21H,9-12,14,16,26H2,(H,29,30). The maximum atomic E-state index is 13.2. The van der Waals surface area contributed by atoms with Crippen molar-refractivity contribution in [1.29, 1.82) is 0 Å². The number of hydrogen-bond acceptors (Lipinski definition) is 3. The van der Waals surface area contributed by atoms with Gasteiger partial charge in [-0.25, -0.2) is 9.59 Å². The third-order valence-corrected chi connectivity index (χ3v) is 6.82. The maximum Gasteiger partial charge on any atom is 0.335 e. The SMILES string of the molecule is NCC1(c2cccc(Cl)c2)CCC(N2CC=CN(c3ccc(C(=O)O)cc3)C2=O)CC1. The number of carbonyl (C=O) groups excluding carboxylic acids is 1. The lowest BCUT2D eigenvalue weighted by molar-refractivity contribution is 0.0697. The predicted octanol–water partition coefficient (Wildman–Crippen LogP) is 4.63. The zero-order valence-electron chi connectivity index (χ0n) is 17.2. The average Bonchev–Trinajstić information content (AvgIpc) is 2.79. The minimum atomic E-state index is -0.987. The van der Waals surface area contributed by atoms with E-state index in [0.29, 0.717) is 23.8 Å². The smallest absolute Gasteiger partial charge is 0.335 e. The van der Waals surface area contributed by atoms with Crippen LogP contribution >= 0.6 is 11.6 Å². The van der Waals surface area contributed by atoms with Crippen molar-refractivity contribution in [3.8, 4) is 0 Å². The fraction of sp³-hybridized carbons (Fsp3) is 0.333. The summed E-state index contributed by atoms with van der Waals surface area (Å²) in [6, 6.07) is 14.3. The Labute approximate surface area is 186 Å². The van der Waals surface area contributed by atoms with E-state index in [4.69, 9.17) is 22.4 Å². The Balaban J connectivity index is 1.48. The molecule has 2 amide bonds. The lowest BCUT2D eigenvalue weighted by atomic mass is 9.68. The van der Waals surface area contributed by atoms with Gasteiger partial charge in [-0.3, -0.25) is 4.90 Å². The van der Waals surface area contributed by atoms with Gasteiger partial charge in [0.2, 0.25) is 0 Å². The minimum Gasteiger partial charge on any atom is -0.478 e. The van der Waals surface area contributed by atoms with Crippen LogP contribution in [0.4, 0.5) is 10.5 Å². The van der Waals surface area contributed by atoms with Gasteiger partial charge in [0.1, 0.15) is 0 Å². The molecule has 1 saturated carbocycles. The molecule has 0 aromatic heterocycles. The van der Waals surface area contributed by atoms with Crippen molar-refractivity contribution in [2.75, 3.05) is 18.0 Å². The highest BCUT2D eigenvalue weighted by Gasteiger charge is 2.39. The highest BCUT2D eigenvalue weighted by atomic mass is 35.5. The van der Waals surface area contributed by atoms with E-state index in [1.54, 1.807) is 23.2 Å². The summed E-state index contributed by atoms with van der Waals surface area (Å²) >= 11 is 6.21. The number of nitrogens with zero attached hydrogens (tertiary/aromatic N) is 2. The summed E-state index contributed by atoms with van der Waals surface area (Å²) in [5, 5.41) is 9.81. The van der Waals surface area contributed by atoms with Crippen LogP contribution in [0.2, 0.25) is 5.02 Å². The van der Waals surface area contributed by atoms with Crippen LogP contribution in [0.15, 0.2) is 60.8 Å². The number of amides is 2. The van der Waals surface area contributed by atoms with E-state index < -0.39 is 5.97 Å². The number of hydrogen-bond donors (Lipinski definition) is 2. The minimum absolute atomic E-state index is 0.0846. The van der Waals surface area contributed by atoms with E-state index in [1.165, 1.54) is 17.7 Å². The van der Waals surface area contributed by atoms with Crippen LogP contribution in [0, 0.1) is 0 Å². The molecule has 1 heterocycles. The second-order valence-corrected chi connectivity index (χ2v) is 8.70. The largest absolute Gasteiger partial charge is 0.478 e. The first kappa shape index (κ1) is 21.4. The molecule has 2 aliphatic rings. The summed E-state index contributed by atoms with van der Waals surface area (Å²) in [6.45, 7) is 1.12. The van der Waals surface area contributed by atoms with Gasteiger partial charge in [0, 0.05) is 35.8 Å². The van der Waals surface area contributed by atoms with E-state index in [-0.39, 0.29) is 23.1 Å². The Morgan fingerprint density at radius 3 is 2.48 bits per heavy atom. The number of nitrogens with two attached hydrogens (primary N) is 1. The van der Waals surface area contributed by atoms with Gasteiger partial charge in [-0.05, 0) is 73.7 Å². The number of aromatic carboxylic acids is 1. The van der Waals surface area contributed by atoms with Crippen molar-refractivity contribution >= 4 is 29.3 Å². The first-order valence-corrected chi connectivity index (χ1v) is 10.9. The Bertz CT molecular complexity index is 997. The molecule has 162 valence electrons. The number of rotatable bonds is 5. The van der Waals surface area contributed by atoms with Gasteiger partial charge in [0.15, 0.2) is 0 Å². The summed E-state index contributed by atoms with van der Waals surface area (Å²) in [6.07, 6.45) is 7.26. The van der Waals surface area contributed by atoms with E-state index >= 15 is 0 Å². The van der Waals surface area contributed by atoms with Crippen LogP contribution in [0.1, 0.15) is 41.6 Å². The van der Waals surface area contributed by atoms with Gasteiger partial charge >= 0.3 is 12.0 Å². The highest BCUT2D eigenvalue weighted by molar-refractivity contribution is 6.30. The zero-order chi connectivity index (χ0) is 22.0. The second kappa shape index (κ2) is 8.73. The number of urea groups is 1. The molecule has 4 rings (SSSR count). The molecule has 0 atom stereocenters. The molecule has 0 unspecified atom stereocenters. The fourth-order valence-electron chi connectivity index (χ4n) is 4.71. The summed E-state index contributed by atoms with van der Waals surface area (Å²) in [4.78, 5) is 27.8. The Morgan fingerprint density at radius 1 is 1.16 bits per heavy atom. The van der Waals surface area contributed by atoms with E-state index in [2.05, 4.69) is 6.07 Å². The van der Waals surface area contributed by atoms with Gasteiger partial charge < -0.3 is 15.7 Å². The first-order valence-electron chi connectivity index (χ1n) is 10.5. The van der Waals surface area contributed by atoms with Crippen LogP contribution in [0.3, 0.4) is 0 Å². The molecular weight excluding hydrogens is 414 g/mol. The van der Waals surface area contributed by atoms with E-state index in [9.17, 15) is 9.59 Å². The number of halogens is 1. The predicted molar refractivity (Wildman–Crippen MR) is 122 cm³/mol. The molecule has 3 N–H and O–H groups in total. The quantitative estimate of drug-likeness (QED) is 0.710. The Hall–Kier alpha value is -2.83. The lowest BCUT2D eigenvalue weighted by Crippen LogP contribution is -2.52. The molecule has 0 bridgehead atoms. The summed E-state index contributed by atoms with van der Waals surface area (Å²) in [7, 11) is 0. The van der Waals surface area contributed by atoms with Crippen LogP contribution in [-0.4, -0.2) is 41.1 Å². The van der Waals surface area contributed by atoms with Crippen molar-refractivity contribution in [2.45, 2.75) is 37.1 Å². The van der Waals surface area contributed by atoms with Gasteiger partial charge in [0.05, 0.1) is 11.3 Å². The number of anilines is 1. The van der Waals surface area contributed by atoms with Crippen molar-refractivity contribution in [1.82, 2.24) is 4.90 Å². The lowest BCUT2D eigenvalue weighted by Gasteiger charge is -2.45. The molecule has 1 aliphatic carbocycles. The molecule has 0 spiro atoms. The van der Waals surface area contributed by atoms with Crippen molar-refractivity contribution < 1.29 is 14.7 Å². The molecule has 6 nitrogen and oxygen atoms in total. The van der Waals surface area contributed by atoms with Gasteiger partial charge in [-0.1, -0.05) is 23.7 Å². The molecule has 7 heteroatoms. The van der Waals surface area contributed by atoms with Crippen molar-refractivity contribution in [2.24, 2.45) is 5.73 Å². The second-order valence-electron chi connectivity index (χ2n) is 8.27. The van der Waals surface area contributed by atoms with Gasteiger partial charge in [-0.2, -0.15) is 0 Å². The molecule has 0 radical (unpaired) electrons. The molecular formula is C24H26ClN3O3. The average molecular weight is 440 g/mol. The Morgan fingerprint density at radius 2 is 1.87 bits per heavy atom. The van der Waals surface area contributed by atoms with Crippen LogP contribution in [-0.2, 0) is 5.41 Å². The first-order chi connectivity index (χ1) is 14.9. The van der Waals surface area contributed by atoms with E-state index in [0.717, 1.165) is 25.7 Å². The number of benzene rings is 2. The number of carboxylic acids is 1. The third kappa shape index (κ3) is 4.18. The fourth-order valence-corrected chi connectivity index (χ4v) is 4.90. The van der Waals surface area contributed by atoms with Gasteiger partial charge in [0.25, 0.3) is 0 Å². The number of carboxylic acid groups (broad SMARTS) is 1. The summed E-state index contributed by atoms with van der Waals surface area (Å²) < 4.78 is 0.